The van der Waals surface area contributed by atoms with E-state index in [0.29, 0.717) is 5.69 Å². The van der Waals surface area contributed by atoms with Crippen LogP contribution in [0.4, 0.5) is 18.9 Å². The molecule has 2 aliphatic heterocycles. The largest absolute Gasteiger partial charge is 0.416 e. The first-order valence-electron chi connectivity index (χ1n) is 9.37. The Bertz CT molecular complexity index is 705. The van der Waals surface area contributed by atoms with Crippen LogP contribution in [-0.4, -0.2) is 58.7 Å². The van der Waals surface area contributed by atoms with Gasteiger partial charge in [-0.3, -0.25) is 8.01 Å². The number of piperazine rings is 1. The molecule has 2 aliphatic rings. The summed E-state index contributed by atoms with van der Waals surface area (Å²) < 4.78 is 44.9. The predicted molar refractivity (Wildman–Crippen MR) is 118 cm³/mol. The summed E-state index contributed by atoms with van der Waals surface area (Å²) in [5.74, 6) is 1.08. The number of benzene rings is 1. The van der Waals surface area contributed by atoms with E-state index in [0.717, 1.165) is 56.1 Å². The van der Waals surface area contributed by atoms with E-state index in [1.807, 2.05) is 0 Å². The molecule has 156 valence electrons. The molecule has 0 aromatic heterocycles. The van der Waals surface area contributed by atoms with Gasteiger partial charge in [-0.05, 0) is 37.6 Å². The molecule has 1 fully saturated rings. The number of thioether (sulfide) groups is 1. The molecule has 0 saturated carbocycles. The number of anilines is 1. The van der Waals surface area contributed by atoms with E-state index in [2.05, 4.69) is 28.3 Å². The van der Waals surface area contributed by atoms with Crippen molar-refractivity contribution in [1.82, 2.24) is 8.01 Å². The minimum absolute atomic E-state index is 0.261. The smallest absolute Gasteiger partial charge is 0.369 e. The topological polar surface area (TPSA) is 34.4 Å². The first kappa shape index (κ1) is 21.8. The van der Waals surface area contributed by atoms with E-state index in [-0.39, 0.29) is 21.3 Å². The fourth-order valence-electron chi connectivity index (χ4n) is 3.20. The van der Waals surface area contributed by atoms with Crippen LogP contribution in [0.1, 0.15) is 24.8 Å². The molecule has 2 heterocycles. The Labute approximate surface area is 178 Å². The van der Waals surface area contributed by atoms with E-state index in [9.17, 15) is 13.2 Å². The molecule has 0 radical (unpaired) electrons. The summed E-state index contributed by atoms with van der Waals surface area (Å²) in [6.45, 7) is 4.41. The normalized spacial score (nSPS) is 18.4. The van der Waals surface area contributed by atoms with Crippen molar-refractivity contribution in [3.05, 3.63) is 29.8 Å². The summed E-state index contributed by atoms with van der Waals surface area (Å²) in [5, 5.41) is 5.22. The highest BCUT2D eigenvalue weighted by Gasteiger charge is 2.31. The molecule has 28 heavy (non-hydrogen) atoms. The lowest BCUT2D eigenvalue weighted by Crippen LogP contribution is -2.46. The number of hydrogen-bond acceptors (Lipinski definition) is 6. The number of unbranched alkanes of at least 4 members (excludes halogenated alkanes) is 2. The lowest BCUT2D eigenvalue weighted by atomic mass is 10.1. The van der Waals surface area contributed by atoms with Crippen LogP contribution in [0.5, 0.6) is 0 Å². The van der Waals surface area contributed by atoms with E-state index < -0.39 is 11.7 Å². The van der Waals surface area contributed by atoms with Crippen molar-refractivity contribution in [3.63, 3.8) is 0 Å². The van der Waals surface area contributed by atoms with Crippen LogP contribution in [0.2, 0.25) is 0 Å². The minimum Gasteiger partial charge on any atom is -0.369 e. The molecule has 0 spiro atoms. The molecule has 1 aromatic rings. The highest BCUT2D eigenvalue weighted by Crippen LogP contribution is 2.32. The van der Waals surface area contributed by atoms with Gasteiger partial charge < -0.3 is 4.90 Å². The van der Waals surface area contributed by atoms with E-state index >= 15 is 0 Å². The second-order valence-electron chi connectivity index (χ2n) is 6.80. The van der Waals surface area contributed by atoms with Crippen molar-refractivity contribution in [1.29, 1.82) is 0 Å². The van der Waals surface area contributed by atoms with E-state index in [1.54, 1.807) is 17.8 Å². The SMILES string of the molecule is CN1I=NN=C1SCCCCCN1CCN(c2cccc(C(F)(F)F)c2)CC1. The maximum Gasteiger partial charge on any atom is 0.416 e. The Hall–Kier alpha value is -0.880. The second-order valence-corrected chi connectivity index (χ2v) is 10.2. The monoisotopic (exact) mass is 527 g/mol. The Balaban J connectivity index is 1.31. The first-order valence-corrected chi connectivity index (χ1v) is 12.3. The Morgan fingerprint density at radius 2 is 1.89 bits per heavy atom. The minimum atomic E-state index is -4.29. The molecule has 0 unspecified atom stereocenters. The lowest BCUT2D eigenvalue weighted by molar-refractivity contribution is -0.137. The van der Waals surface area contributed by atoms with Crippen molar-refractivity contribution in [2.75, 3.05) is 50.4 Å². The Morgan fingerprint density at radius 3 is 2.57 bits per heavy atom. The first-order chi connectivity index (χ1) is 13.4. The maximum atomic E-state index is 12.9. The molecule has 5 nitrogen and oxygen atoms in total. The van der Waals surface area contributed by atoms with Gasteiger partial charge in [-0.2, -0.15) is 13.2 Å². The highest BCUT2D eigenvalue weighted by molar-refractivity contribution is 14.1. The van der Waals surface area contributed by atoms with Gasteiger partial charge >= 0.3 is 6.18 Å². The lowest BCUT2D eigenvalue weighted by Gasteiger charge is -2.36. The van der Waals surface area contributed by atoms with E-state index in [1.165, 1.54) is 25.0 Å². The molecule has 0 aliphatic carbocycles. The maximum absolute atomic E-state index is 12.9. The van der Waals surface area contributed by atoms with Gasteiger partial charge in [-0.1, -0.05) is 24.2 Å². The van der Waals surface area contributed by atoms with Gasteiger partial charge in [0.05, 0.1) is 5.56 Å². The standard InChI is InChI=1S/C18H25F3IN5S/c1-25-17(23-24-22-25)28-13-4-2-3-8-26-9-11-27(12-10-26)16-7-5-6-15(14-16)18(19,20)21/h5-7,14H,2-4,8-13H2,1H3. The molecular formula is C18H25F3IN5S. The van der Waals surface area contributed by atoms with Crippen molar-refractivity contribution >= 4 is 43.9 Å². The summed E-state index contributed by atoms with van der Waals surface area (Å²) in [6, 6.07) is 5.65. The van der Waals surface area contributed by atoms with Crippen molar-refractivity contribution in [2.45, 2.75) is 25.4 Å². The van der Waals surface area contributed by atoms with Gasteiger partial charge in [-0.15, -0.1) is 8.36 Å². The molecule has 0 N–H and O–H groups in total. The fraction of sp³-hybridized carbons (Fsp3) is 0.611. The molecular weight excluding hydrogens is 502 g/mol. The zero-order valence-electron chi connectivity index (χ0n) is 15.8. The molecule has 3 rings (SSSR count). The summed E-state index contributed by atoms with van der Waals surface area (Å²) in [5.41, 5.74) is 0.0936. The quantitative estimate of drug-likeness (QED) is 0.284. The number of hydrogen-bond donors (Lipinski definition) is 0. The van der Waals surface area contributed by atoms with Crippen molar-refractivity contribution in [3.8, 4) is 0 Å². The van der Waals surface area contributed by atoms with Crippen LogP contribution >= 0.6 is 33.1 Å². The molecule has 10 heteroatoms. The van der Waals surface area contributed by atoms with Gasteiger partial charge in [0.15, 0.2) is 5.17 Å². The van der Waals surface area contributed by atoms with Gasteiger partial charge in [0.1, 0.15) is 21.3 Å². The highest BCUT2D eigenvalue weighted by atomic mass is 127. The summed E-state index contributed by atoms with van der Waals surface area (Å²) in [6.07, 6.45) is -0.778. The summed E-state index contributed by atoms with van der Waals surface area (Å²) >= 11 is 1.53. The number of halogens is 4. The van der Waals surface area contributed by atoms with Gasteiger partial charge in [0, 0.05) is 44.7 Å². The summed E-state index contributed by atoms with van der Waals surface area (Å²) in [7, 11) is 2.05. The number of amidine groups is 1. The number of rotatable bonds is 7. The average Bonchev–Trinajstić information content (AvgIpc) is 3.09. The van der Waals surface area contributed by atoms with Crippen LogP contribution < -0.4 is 4.90 Å². The average molecular weight is 527 g/mol. The number of nitrogens with zero attached hydrogens (tertiary/aromatic N) is 5. The molecule has 0 amide bonds. The van der Waals surface area contributed by atoms with Crippen LogP contribution in [0.15, 0.2) is 32.6 Å². The third-order valence-corrected chi connectivity index (χ3v) is 7.74. The predicted octanol–water partition coefficient (Wildman–Crippen LogP) is 5.02. The fourth-order valence-corrected chi connectivity index (χ4v) is 5.65. The van der Waals surface area contributed by atoms with Crippen LogP contribution in [0.3, 0.4) is 0 Å². The van der Waals surface area contributed by atoms with Gasteiger partial charge in [0.25, 0.3) is 0 Å². The zero-order valence-corrected chi connectivity index (χ0v) is 18.8. The molecule has 1 saturated heterocycles. The third kappa shape index (κ3) is 6.31. The number of alkyl halides is 3. The van der Waals surface area contributed by atoms with Gasteiger partial charge in [0.2, 0.25) is 0 Å². The second kappa shape index (κ2) is 10.2. The van der Waals surface area contributed by atoms with Gasteiger partial charge in [-0.25, -0.2) is 0 Å². The molecule has 1 aromatic carbocycles. The zero-order chi connectivity index (χ0) is 20.0. The van der Waals surface area contributed by atoms with Crippen LogP contribution in [0.25, 0.3) is 0 Å². The Kier molecular flexibility index (Phi) is 7.98. The van der Waals surface area contributed by atoms with Crippen LogP contribution in [-0.2, 0) is 6.18 Å². The third-order valence-electron chi connectivity index (χ3n) is 4.79. The molecule has 0 atom stereocenters. The molecule has 0 bridgehead atoms. The van der Waals surface area contributed by atoms with Crippen molar-refractivity contribution < 1.29 is 13.2 Å². The van der Waals surface area contributed by atoms with Crippen molar-refractivity contribution in [2.24, 2.45) is 8.36 Å². The van der Waals surface area contributed by atoms with Crippen LogP contribution in [0, 0.1) is 0 Å². The van der Waals surface area contributed by atoms with E-state index in [4.69, 9.17) is 0 Å². The summed E-state index contributed by atoms with van der Waals surface area (Å²) in [4.78, 5) is 4.46. The Morgan fingerprint density at radius 1 is 1.11 bits per heavy atom.